The van der Waals surface area contributed by atoms with E-state index in [-0.39, 0.29) is 16.4 Å². The molecular formula is C22H19N3O3S3. The molecule has 2 aromatic carbocycles. The van der Waals surface area contributed by atoms with Gasteiger partial charge in [0.25, 0.3) is 5.91 Å². The summed E-state index contributed by atoms with van der Waals surface area (Å²) in [5.74, 6) is -0.382. The molecule has 0 radical (unpaired) electrons. The molecule has 1 N–H and O–H groups in total. The minimum absolute atomic E-state index is 0.124. The zero-order valence-corrected chi connectivity index (χ0v) is 19.1. The zero-order valence-electron chi connectivity index (χ0n) is 16.7. The van der Waals surface area contributed by atoms with Crippen molar-refractivity contribution >= 4 is 54.0 Å². The number of rotatable bonds is 4. The van der Waals surface area contributed by atoms with Crippen molar-refractivity contribution in [2.45, 2.75) is 24.8 Å². The quantitative estimate of drug-likeness (QED) is 0.471. The van der Waals surface area contributed by atoms with E-state index in [0.29, 0.717) is 24.6 Å². The molecule has 3 heterocycles. The normalized spacial score (nSPS) is 14.5. The van der Waals surface area contributed by atoms with Crippen molar-refractivity contribution in [2.75, 3.05) is 11.9 Å². The van der Waals surface area contributed by atoms with Crippen LogP contribution in [0.25, 0.3) is 10.2 Å². The van der Waals surface area contributed by atoms with Crippen LogP contribution in [0.15, 0.2) is 58.8 Å². The van der Waals surface area contributed by atoms with Crippen molar-refractivity contribution in [3.63, 3.8) is 0 Å². The molecule has 4 aromatic rings. The molecule has 1 amide bonds. The van der Waals surface area contributed by atoms with E-state index in [2.05, 4.69) is 10.3 Å². The number of carbonyl (C=O) groups excluding carboxylic acids is 1. The van der Waals surface area contributed by atoms with Gasteiger partial charge in [-0.25, -0.2) is 13.4 Å². The first-order valence-corrected chi connectivity index (χ1v) is 12.9. The number of benzene rings is 2. The maximum absolute atomic E-state index is 13.2. The van der Waals surface area contributed by atoms with E-state index in [9.17, 15) is 13.2 Å². The molecule has 0 spiro atoms. The molecule has 0 saturated heterocycles. The number of carbonyl (C=O) groups is 1. The number of para-hydroxylation sites is 1. The molecule has 2 aromatic heterocycles. The summed E-state index contributed by atoms with van der Waals surface area (Å²) >= 11 is 3.06. The van der Waals surface area contributed by atoms with Crippen molar-refractivity contribution in [1.29, 1.82) is 0 Å². The highest BCUT2D eigenvalue weighted by atomic mass is 32.2. The Morgan fingerprint density at radius 1 is 1.16 bits per heavy atom. The van der Waals surface area contributed by atoms with Crippen LogP contribution in [0.2, 0.25) is 0 Å². The molecular weight excluding hydrogens is 450 g/mol. The molecule has 6 nitrogen and oxygen atoms in total. The number of hydrogen-bond donors (Lipinski definition) is 1. The lowest BCUT2D eigenvalue weighted by atomic mass is 10.1. The molecule has 31 heavy (non-hydrogen) atoms. The molecule has 0 aliphatic carbocycles. The summed E-state index contributed by atoms with van der Waals surface area (Å²) in [7, 11) is -3.69. The first kappa shape index (κ1) is 20.3. The third kappa shape index (κ3) is 3.78. The van der Waals surface area contributed by atoms with Gasteiger partial charge >= 0.3 is 0 Å². The van der Waals surface area contributed by atoms with E-state index in [1.807, 2.05) is 36.6 Å². The Morgan fingerprint density at radius 3 is 2.84 bits per heavy atom. The number of fused-ring (bicyclic) bond motifs is 2. The lowest BCUT2D eigenvalue weighted by molar-refractivity contribution is 0.102. The average Bonchev–Trinajstić information content (AvgIpc) is 3.40. The Morgan fingerprint density at radius 2 is 2.00 bits per heavy atom. The van der Waals surface area contributed by atoms with Crippen LogP contribution in [0.5, 0.6) is 0 Å². The summed E-state index contributed by atoms with van der Waals surface area (Å²) in [6.45, 7) is 2.78. The van der Waals surface area contributed by atoms with Gasteiger partial charge in [0.15, 0.2) is 5.13 Å². The number of aromatic nitrogens is 1. The lowest BCUT2D eigenvalue weighted by Crippen LogP contribution is -2.35. The molecule has 0 fully saturated rings. The number of sulfonamides is 1. The van der Waals surface area contributed by atoms with Gasteiger partial charge in [-0.15, -0.1) is 11.3 Å². The summed E-state index contributed by atoms with van der Waals surface area (Å²) < 4.78 is 28.9. The molecule has 0 saturated carbocycles. The Labute approximate surface area is 188 Å². The maximum atomic E-state index is 13.2. The molecule has 0 atom stereocenters. The van der Waals surface area contributed by atoms with Crippen molar-refractivity contribution < 1.29 is 13.2 Å². The fourth-order valence-electron chi connectivity index (χ4n) is 3.68. The van der Waals surface area contributed by atoms with Gasteiger partial charge in [0, 0.05) is 23.5 Å². The number of nitrogens with zero attached hydrogens (tertiary/aromatic N) is 2. The minimum Gasteiger partial charge on any atom is -0.298 e. The number of amides is 1. The monoisotopic (exact) mass is 469 g/mol. The van der Waals surface area contributed by atoms with Crippen molar-refractivity contribution in [2.24, 2.45) is 0 Å². The fraction of sp³-hybridized carbons (Fsp3) is 0.182. The van der Waals surface area contributed by atoms with Crippen LogP contribution in [-0.2, 0) is 23.0 Å². The number of hydrogen-bond acceptors (Lipinski definition) is 6. The topological polar surface area (TPSA) is 79.4 Å². The second kappa shape index (κ2) is 7.83. The summed E-state index contributed by atoms with van der Waals surface area (Å²) in [6, 6.07) is 14.1. The van der Waals surface area contributed by atoms with E-state index in [1.165, 1.54) is 32.7 Å². The predicted molar refractivity (Wildman–Crippen MR) is 124 cm³/mol. The van der Waals surface area contributed by atoms with E-state index in [1.54, 1.807) is 23.5 Å². The van der Waals surface area contributed by atoms with Crippen LogP contribution in [-0.4, -0.2) is 30.2 Å². The first-order valence-electron chi connectivity index (χ1n) is 9.75. The molecule has 0 unspecified atom stereocenters. The van der Waals surface area contributed by atoms with Crippen LogP contribution in [0, 0.1) is 6.92 Å². The van der Waals surface area contributed by atoms with Gasteiger partial charge in [-0.3, -0.25) is 10.1 Å². The van der Waals surface area contributed by atoms with Gasteiger partial charge in [0.1, 0.15) is 0 Å². The SMILES string of the molecule is Cc1cccc2sc(NC(=O)c3cccc(S(=O)(=O)N4CCc5sccc5C4)c3)nc12. The Bertz CT molecular complexity index is 1410. The van der Waals surface area contributed by atoms with E-state index in [4.69, 9.17) is 0 Å². The molecule has 9 heteroatoms. The average molecular weight is 470 g/mol. The van der Waals surface area contributed by atoms with Crippen molar-refractivity contribution in [1.82, 2.24) is 9.29 Å². The van der Waals surface area contributed by atoms with Gasteiger partial charge in [0.05, 0.1) is 15.1 Å². The molecule has 5 rings (SSSR count). The van der Waals surface area contributed by atoms with Gasteiger partial charge in [-0.2, -0.15) is 4.31 Å². The highest BCUT2D eigenvalue weighted by molar-refractivity contribution is 7.89. The Balaban J connectivity index is 1.39. The van der Waals surface area contributed by atoms with E-state index < -0.39 is 10.0 Å². The summed E-state index contributed by atoms with van der Waals surface area (Å²) in [4.78, 5) is 18.7. The number of nitrogens with one attached hydrogen (secondary N) is 1. The molecule has 1 aliphatic heterocycles. The fourth-order valence-corrected chi connectivity index (χ4v) is 6.98. The van der Waals surface area contributed by atoms with Gasteiger partial charge < -0.3 is 0 Å². The van der Waals surface area contributed by atoms with Crippen LogP contribution in [0.3, 0.4) is 0 Å². The lowest BCUT2D eigenvalue weighted by Gasteiger charge is -2.26. The predicted octanol–water partition coefficient (Wildman–Crippen LogP) is 4.67. The number of thiophene rings is 1. The van der Waals surface area contributed by atoms with E-state index in [0.717, 1.165) is 21.3 Å². The smallest absolute Gasteiger partial charge is 0.257 e. The van der Waals surface area contributed by atoms with Gasteiger partial charge in [-0.1, -0.05) is 29.5 Å². The highest BCUT2D eigenvalue weighted by Crippen LogP contribution is 2.30. The van der Waals surface area contributed by atoms with Crippen LogP contribution in [0.1, 0.15) is 26.4 Å². The maximum Gasteiger partial charge on any atom is 0.257 e. The molecule has 1 aliphatic rings. The second-order valence-corrected chi connectivity index (χ2v) is 11.3. The number of anilines is 1. The van der Waals surface area contributed by atoms with Gasteiger partial charge in [0.2, 0.25) is 10.0 Å². The highest BCUT2D eigenvalue weighted by Gasteiger charge is 2.29. The first-order chi connectivity index (χ1) is 14.9. The van der Waals surface area contributed by atoms with Crippen LogP contribution < -0.4 is 5.32 Å². The summed E-state index contributed by atoms with van der Waals surface area (Å²) in [5, 5.41) is 5.29. The third-order valence-electron chi connectivity index (χ3n) is 5.35. The van der Waals surface area contributed by atoms with E-state index >= 15 is 0 Å². The van der Waals surface area contributed by atoms with Crippen molar-refractivity contribution in [3.05, 3.63) is 75.5 Å². The van der Waals surface area contributed by atoms with Crippen LogP contribution >= 0.6 is 22.7 Å². The van der Waals surface area contributed by atoms with Crippen molar-refractivity contribution in [3.8, 4) is 0 Å². The zero-order chi connectivity index (χ0) is 21.6. The Hall–Kier alpha value is -2.59. The largest absolute Gasteiger partial charge is 0.298 e. The van der Waals surface area contributed by atoms with Crippen LogP contribution in [0.4, 0.5) is 5.13 Å². The minimum atomic E-state index is -3.69. The molecule has 158 valence electrons. The number of aryl methyl sites for hydroxylation is 1. The number of thiazole rings is 1. The van der Waals surface area contributed by atoms with Gasteiger partial charge in [-0.05, 0) is 60.2 Å². The second-order valence-electron chi connectivity index (χ2n) is 7.38. The summed E-state index contributed by atoms with van der Waals surface area (Å²) in [6.07, 6.45) is 0.712. The molecule has 0 bridgehead atoms. The standard InChI is InChI=1S/C22H19N3O3S3/c1-14-4-2-7-19-20(14)23-22(30-19)24-21(26)15-5-3-6-17(12-15)31(27,28)25-10-8-18-16(13-25)9-11-29-18/h2-7,9,11-12H,8,10,13H2,1H3,(H,23,24,26). The third-order valence-corrected chi connectivity index (χ3v) is 9.15. The summed E-state index contributed by atoms with van der Waals surface area (Å²) in [5.41, 5.74) is 3.24. The Kier molecular flexibility index (Phi) is 5.13.